The van der Waals surface area contributed by atoms with Gasteiger partial charge in [-0.3, -0.25) is 4.98 Å². The van der Waals surface area contributed by atoms with Crippen molar-refractivity contribution in [2.75, 3.05) is 6.61 Å². The Bertz CT molecular complexity index is 390. The summed E-state index contributed by atoms with van der Waals surface area (Å²) >= 11 is 0. The first kappa shape index (κ1) is 20.4. The Labute approximate surface area is 161 Å². The molecular formula is C13H20BF3KNO. The average molecular weight is 313 g/mol. The maximum atomic E-state index is 12.6. The summed E-state index contributed by atoms with van der Waals surface area (Å²) in [4.78, 5) is 3.59. The Balaban J connectivity index is 0.00000361. The molecule has 1 unspecified atom stereocenters. The maximum absolute atomic E-state index is 12.6. The minimum atomic E-state index is -5.01. The van der Waals surface area contributed by atoms with Gasteiger partial charge in [-0.1, -0.05) is 38.6 Å². The van der Waals surface area contributed by atoms with Crippen LogP contribution in [-0.2, 0) is 0 Å². The monoisotopic (exact) mass is 313 g/mol. The van der Waals surface area contributed by atoms with Crippen LogP contribution < -0.4 is 61.6 Å². The molecule has 0 aliphatic rings. The number of rotatable bonds is 8. The van der Waals surface area contributed by atoms with Crippen LogP contribution in [-0.4, -0.2) is 18.6 Å². The van der Waals surface area contributed by atoms with E-state index in [-0.39, 0.29) is 57.1 Å². The molecule has 0 bridgehead atoms. The third-order valence-electron chi connectivity index (χ3n) is 3.14. The molecule has 108 valence electrons. The van der Waals surface area contributed by atoms with Gasteiger partial charge in [0.15, 0.2) is 0 Å². The van der Waals surface area contributed by atoms with Gasteiger partial charge < -0.3 is 17.7 Å². The molecule has 1 aromatic heterocycles. The minimum absolute atomic E-state index is 0. The van der Waals surface area contributed by atoms with Crippen molar-refractivity contribution >= 4 is 12.4 Å². The van der Waals surface area contributed by atoms with E-state index in [9.17, 15) is 12.9 Å². The Morgan fingerprint density at radius 1 is 1.25 bits per heavy atom. The molecule has 1 rings (SSSR count). The average Bonchev–Trinajstić information content (AvgIpc) is 2.38. The zero-order valence-corrected chi connectivity index (χ0v) is 15.5. The van der Waals surface area contributed by atoms with Gasteiger partial charge in [-0.05, 0) is 18.4 Å². The number of aromatic nitrogens is 1. The van der Waals surface area contributed by atoms with E-state index in [1.165, 1.54) is 6.20 Å². The summed E-state index contributed by atoms with van der Waals surface area (Å²) in [5.41, 5.74) is -0.709. The first-order valence-electron chi connectivity index (χ1n) is 6.75. The van der Waals surface area contributed by atoms with E-state index in [1.54, 1.807) is 0 Å². The molecule has 2 nitrogen and oxygen atoms in total. The zero-order valence-electron chi connectivity index (χ0n) is 12.4. The van der Waals surface area contributed by atoms with Crippen LogP contribution in [0.15, 0.2) is 18.5 Å². The van der Waals surface area contributed by atoms with Gasteiger partial charge in [0.1, 0.15) is 5.75 Å². The summed E-state index contributed by atoms with van der Waals surface area (Å²) < 4.78 is 43.1. The standard InChI is InChI=1S/C13H20BF3NO.K/c1-3-5-6-11(4-2)10-19-13-7-12(8-18-9-13)14(15,16)17;/h7-9,11H,3-6,10H2,1-2H3;/q-1;+1. The Morgan fingerprint density at radius 2 is 1.95 bits per heavy atom. The fraction of sp³-hybridized carbons (Fsp3) is 0.615. The fourth-order valence-corrected chi connectivity index (χ4v) is 1.81. The second-order valence-electron chi connectivity index (χ2n) is 4.76. The van der Waals surface area contributed by atoms with Gasteiger partial charge in [0, 0.05) is 6.20 Å². The topological polar surface area (TPSA) is 22.1 Å². The molecule has 1 aromatic rings. The van der Waals surface area contributed by atoms with Crippen molar-refractivity contribution in [1.29, 1.82) is 0 Å². The predicted octanol–water partition coefficient (Wildman–Crippen LogP) is 0.735. The first-order chi connectivity index (χ1) is 8.97. The van der Waals surface area contributed by atoms with Crippen molar-refractivity contribution in [2.45, 2.75) is 39.5 Å². The van der Waals surface area contributed by atoms with Crippen LogP contribution in [0, 0.1) is 5.92 Å². The number of nitrogens with zero attached hydrogens (tertiary/aromatic N) is 1. The second-order valence-corrected chi connectivity index (χ2v) is 4.76. The van der Waals surface area contributed by atoms with E-state index in [0.717, 1.165) is 37.9 Å². The number of hydrogen-bond donors (Lipinski definition) is 0. The first-order valence-corrected chi connectivity index (χ1v) is 6.75. The number of ether oxygens (including phenoxy) is 1. The second kappa shape index (κ2) is 10.2. The van der Waals surface area contributed by atoms with E-state index in [1.807, 2.05) is 0 Å². The number of halogens is 3. The van der Waals surface area contributed by atoms with Crippen molar-refractivity contribution in [3.05, 3.63) is 18.5 Å². The van der Waals surface area contributed by atoms with E-state index in [2.05, 4.69) is 18.8 Å². The molecule has 0 radical (unpaired) electrons. The number of pyridine rings is 1. The van der Waals surface area contributed by atoms with Crippen LogP contribution in [0.4, 0.5) is 12.9 Å². The molecule has 0 N–H and O–H groups in total. The largest absolute Gasteiger partial charge is 1.00 e. The summed E-state index contributed by atoms with van der Waals surface area (Å²) in [5, 5.41) is 0. The fourth-order valence-electron chi connectivity index (χ4n) is 1.81. The van der Waals surface area contributed by atoms with Gasteiger partial charge >= 0.3 is 58.4 Å². The normalized spacial score (nSPS) is 12.7. The third-order valence-corrected chi connectivity index (χ3v) is 3.14. The summed E-state index contributed by atoms with van der Waals surface area (Å²) in [6, 6.07) is 1.03. The minimum Gasteiger partial charge on any atom is -0.492 e. The predicted molar refractivity (Wildman–Crippen MR) is 71.8 cm³/mol. The molecule has 0 spiro atoms. The summed E-state index contributed by atoms with van der Waals surface area (Å²) in [5.74, 6) is 0.589. The maximum Gasteiger partial charge on any atom is 1.00 e. The SMILES string of the molecule is CCCCC(CC)COc1cncc([B-](F)(F)F)c1.[K+]. The van der Waals surface area contributed by atoms with E-state index in [0.29, 0.717) is 12.5 Å². The van der Waals surface area contributed by atoms with Crippen LogP contribution >= 0.6 is 0 Å². The van der Waals surface area contributed by atoms with Crippen LogP contribution in [0.25, 0.3) is 0 Å². The summed E-state index contributed by atoms with van der Waals surface area (Å²) in [7, 11) is 0. The molecule has 7 heteroatoms. The summed E-state index contributed by atoms with van der Waals surface area (Å²) in [6.45, 7) is -0.379. The van der Waals surface area contributed by atoms with Gasteiger partial charge in [-0.25, -0.2) is 0 Å². The molecule has 0 aromatic carbocycles. The molecule has 0 fully saturated rings. The molecule has 0 aliphatic carbocycles. The quantitative estimate of drug-likeness (QED) is 0.660. The van der Waals surface area contributed by atoms with Crippen LogP contribution in [0.3, 0.4) is 0 Å². The van der Waals surface area contributed by atoms with Crippen molar-refractivity contribution in [3.8, 4) is 5.75 Å². The van der Waals surface area contributed by atoms with Gasteiger partial charge in [-0.2, -0.15) is 0 Å². The van der Waals surface area contributed by atoms with Crippen molar-refractivity contribution < 1.29 is 69.1 Å². The number of hydrogen-bond acceptors (Lipinski definition) is 2. The Kier molecular flexibility index (Phi) is 10.4. The van der Waals surface area contributed by atoms with Crippen molar-refractivity contribution in [3.63, 3.8) is 0 Å². The van der Waals surface area contributed by atoms with Crippen LogP contribution in [0.5, 0.6) is 5.75 Å². The molecule has 1 atom stereocenters. The molecular weight excluding hydrogens is 293 g/mol. The van der Waals surface area contributed by atoms with Crippen LogP contribution in [0.1, 0.15) is 39.5 Å². The zero-order chi connectivity index (χ0) is 14.3. The Hall–Kier alpha value is 0.441. The van der Waals surface area contributed by atoms with E-state index < -0.39 is 12.4 Å². The van der Waals surface area contributed by atoms with Gasteiger partial charge in [0.05, 0.1) is 12.8 Å². The van der Waals surface area contributed by atoms with Gasteiger partial charge in [0.2, 0.25) is 0 Å². The summed E-state index contributed by atoms with van der Waals surface area (Å²) in [6.07, 6.45) is 6.41. The molecule has 20 heavy (non-hydrogen) atoms. The molecule has 0 amide bonds. The molecule has 0 aliphatic heterocycles. The molecule has 0 saturated carbocycles. The van der Waals surface area contributed by atoms with Gasteiger partial charge in [-0.15, -0.1) is 0 Å². The van der Waals surface area contributed by atoms with Gasteiger partial charge in [0.25, 0.3) is 0 Å². The van der Waals surface area contributed by atoms with Crippen molar-refractivity contribution in [2.24, 2.45) is 5.92 Å². The van der Waals surface area contributed by atoms with Crippen LogP contribution in [0.2, 0.25) is 0 Å². The van der Waals surface area contributed by atoms with E-state index in [4.69, 9.17) is 4.74 Å². The third kappa shape index (κ3) is 7.45. The molecule has 0 saturated heterocycles. The molecule has 1 heterocycles. The van der Waals surface area contributed by atoms with Crippen molar-refractivity contribution in [1.82, 2.24) is 4.98 Å². The smallest absolute Gasteiger partial charge is 0.492 e. The Morgan fingerprint density at radius 3 is 2.50 bits per heavy atom. The van der Waals surface area contributed by atoms with E-state index >= 15 is 0 Å². The number of unbranched alkanes of at least 4 members (excludes halogenated alkanes) is 1.